The molecule has 1 aliphatic rings. The van der Waals surface area contributed by atoms with Gasteiger partial charge in [-0.25, -0.2) is 0 Å². The summed E-state index contributed by atoms with van der Waals surface area (Å²) < 4.78 is 0. The lowest BCUT2D eigenvalue weighted by Crippen LogP contribution is -2.36. The van der Waals surface area contributed by atoms with Gasteiger partial charge in [0.05, 0.1) is 0 Å². The van der Waals surface area contributed by atoms with Gasteiger partial charge in [0.15, 0.2) is 5.11 Å². The molecule has 0 aromatic carbocycles. The summed E-state index contributed by atoms with van der Waals surface area (Å²) in [5, 5.41) is 3.35. The van der Waals surface area contributed by atoms with Gasteiger partial charge in [-0.3, -0.25) is 0 Å². The second-order valence-electron chi connectivity index (χ2n) is 2.84. The number of nitrogens with one attached hydrogen (secondary N) is 1. The molecule has 1 heterocycles. The van der Waals surface area contributed by atoms with Crippen molar-refractivity contribution in [3.63, 3.8) is 0 Å². The summed E-state index contributed by atoms with van der Waals surface area (Å²) in [6.07, 6.45) is 2.68. The maximum atomic E-state index is 5.28. The van der Waals surface area contributed by atoms with Crippen molar-refractivity contribution >= 4 is 17.3 Å². The molecule has 1 rings (SSSR count). The molecule has 0 aromatic heterocycles. The molecule has 1 saturated heterocycles. The first-order valence-electron chi connectivity index (χ1n) is 4.05. The number of hydrogen-bond acceptors (Lipinski definition) is 2. The van der Waals surface area contributed by atoms with Gasteiger partial charge in [-0.05, 0) is 38.1 Å². The third-order valence-electron chi connectivity index (χ3n) is 1.93. The fourth-order valence-electron chi connectivity index (χ4n) is 1.34. The van der Waals surface area contributed by atoms with Crippen molar-refractivity contribution in [3.8, 4) is 0 Å². The van der Waals surface area contributed by atoms with Crippen LogP contribution >= 0.6 is 12.2 Å². The summed E-state index contributed by atoms with van der Waals surface area (Å²) in [5.74, 6) is 0. The predicted molar refractivity (Wildman–Crippen MR) is 50.5 cm³/mol. The molecule has 0 amide bonds. The van der Waals surface area contributed by atoms with E-state index < -0.39 is 0 Å². The highest BCUT2D eigenvalue weighted by atomic mass is 32.1. The molecule has 1 aliphatic heterocycles. The van der Waals surface area contributed by atoms with Crippen molar-refractivity contribution in [2.45, 2.75) is 12.8 Å². The van der Waals surface area contributed by atoms with Crippen LogP contribution in [0.4, 0.5) is 0 Å². The highest BCUT2D eigenvalue weighted by Crippen LogP contribution is 2.05. The van der Waals surface area contributed by atoms with Crippen LogP contribution in [0.3, 0.4) is 0 Å². The monoisotopic (exact) mass is 173 g/mol. The molecular weight excluding hydrogens is 158 g/mol. The third-order valence-corrected chi connectivity index (χ3v) is 2.07. The standard InChI is InChI=1S/C7H15N3S/c8-7(11)9-3-6-10-4-1-2-5-10/h1-6H2,(H3,8,9,11). The van der Waals surface area contributed by atoms with Crippen molar-refractivity contribution < 1.29 is 0 Å². The number of likely N-dealkylation sites (tertiary alicyclic amines) is 1. The molecule has 0 atom stereocenters. The Labute approximate surface area is 72.9 Å². The number of thiocarbonyl (C=S) groups is 1. The van der Waals surface area contributed by atoms with Gasteiger partial charge in [0.1, 0.15) is 0 Å². The molecule has 0 unspecified atom stereocenters. The Kier molecular flexibility index (Phi) is 3.59. The lowest BCUT2D eigenvalue weighted by atomic mass is 10.4. The maximum absolute atomic E-state index is 5.28. The van der Waals surface area contributed by atoms with Gasteiger partial charge in [0.25, 0.3) is 0 Å². The summed E-state index contributed by atoms with van der Waals surface area (Å²) in [4.78, 5) is 2.42. The van der Waals surface area contributed by atoms with E-state index >= 15 is 0 Å². The van der Waals surface area contributed by atoms with Crippen molar-refractivity contribution in [1.82, 2.24) is 10.2 Å². The van der Waals surface area contributed by atoms with Crippen molar-refractivity contribution in [3.05, 3.63) is 0 Å². The van der Waals surface area contributed by atoms with Gasteiger partial charge < -0.3 is 16.0 Å². The van der Waals surface area contributed by atoms with Gasteiger partial charge in [0, 0.05) is 13.1 Å². The summed E-state index contributed by atoms with van der Waals surface area (Å²) >= 11 is 4.68. The smallest absolute Gasteiger partial charge is 0.163 e. The molecule has 3 nitrogen and oxygen atoms in total. The van der Waals surface area contributed by atoms with Crippen LogP contribution < -0.4 is 11.1 Å². The zero-order chi connectivity index (χ0) is 8.10. The van der Waals surface area contributed by atoms with E-state index in [1.165, 1.54) is 25.9 Å². The lowest BCUT2D eigenvalue weighted by molar-refractivity contribution is 0.344. The highest BCUT2D eigenvalue weighted by Gasteiger charge is 2.09. The molecule has 0 saturated carbocycles. The zero-order valence-electron chi connectivity index (χ0n) is 6.68. The Hall–Kier alpha value is -0.350. The van der Waals surface area contributed by atoms with Crippen LogP contribution in [0.2, 0.25) is 0 Å². The molecular formula is C7H15N3S. The number of nitrogens with two attached hydrogens (primary N) is 1. The van der Waals surface area contributed by atoms with E-state index in [-0.39, 0.29) is 0 Å². The van der Waals surface area contributed by atoms with Crippen LogP contribution in [-0.4, -0.2) is 36.2 Å². The minimum atomic E-state index is 0.407. The highest BCUT2D eigenvalue weighted by molar-refractivity contribution is 7.80. The van der Waals surface area contributed by atoms with Gasteiger partial charge >= 0.3 is 0 Å². The number of nitrogens with zero attached hydrogens (tertiary/aromatic N) is 1. The normalized spacial score (nSPS) is 18.5. The van der Waals surface area contributed by atoms with Gasteiger partial charge in [-0.1, -0.05) is 0 Å². The second kappa shape index (κ2) is 4.51. The van der Waals surface area contributed by atoms with E-state index in [0.717, 1.165) is 13.1 Å². The van der Waals surface area contributed by atoms with Gasteiger partial charge in [0.2, 0.25) is 0 Å². The third kappa shape index (κ3) is 3.53. The molecule has 1 fully saturated rings. The van der Waals surface area contributed by atoms with E-state index in [4.69, 9.17) is 5.73 Å². The fraction of sp³-hybridized carbons (Fsp3) is 0.857. The van der Waals surface area contributed by atoms with E-state index in [2.05, 4.69) is 22.4 Å². The average Bonchev–Trinajstić information content (AvgIpc) is 2.39. The van der Waals surface area contributed by atoms with Crippen LogP contribution in [0.1, 0.15) is 12.8 Å². The average molecular weight is 173 g/mol. The lowest BCUT2D eigenvalue weighted by Gasteiger charge is -2.14. The van der Waals surface area contributed by atoms with Crippen molar-refractivity contribution in [2.75, 3.05) is 26.2 Å². The second-order valence-corrected chi connectivity index (χ2v) is 3.28. The summed E-state index contributed by atoms with van der Waals surface area (Å²) in [6, 6.07) is 0. The number of rotatable bonds is 3. The Balaban J connectivity index is 1.98. The topological polar surface area (TPSA) is 41.3 Å². The first kappa shape index (κ1) is 8.74. The first-order valence-corrected chi connectivity index (χ1v) is 4.45. The molecule has 11 heavy (non-hydrogen) atoms. The zero-order valence-corrected chi connectivity index (χ0v) is 7.49. The van der Waals surface area contributed by atoms with Crippen molar-refractivity contribution in [2.24, 2.45) is 5.73 Å². The molecule has 0 spiro atoms. The maximum Gasteiger partial charge on any atom is 0.163 e. The Morgan fingerprint density at radius 1 is 1.45 bits per heavy atom. The van der Waals surface area contributed by atoms with Crippen LogP contribution in [0.5, 0.6) is 0 Å². The van der Waals surface area contributed by atoms with E-state index in [0.29, 0.717) is 5.11 Å². The molecule has 0 aliphatic carbocycles. The Bertz CT molecular complexity index is 132. The van der Waals surface area contributed by atoms with E-state index in [9.17, 15) is 0 Å². The molecule has 4 heteroatoms. The predicted octanol–water partition coefficient (Wildman–Crippen LogP) is -0.0846. The number of hydrogen-bond donors (Lipinski definition) is 2. The van der Waals surface area contributed by atoms with Crippen LogP contribution in [0, 0.1) is 0 Å². The van der Waals surface area contributed by atoms with Gasteiger partial charge in [-0.2, -0.15) is 0 Å². The van der Waals surface area contributed by atoms with Gasteiger partial charge in [-0.15, -0.1) is 0 Å². The van der Waals surface area contributed by atoms with E-state index in [1.807, 2.05) is 0 Å². The van der Waals surface area contributed by atoms with Crippen LogP contribution in [-0.2, 0) is 0 Å². The minimum absolute atomic E-state index is 0.407. The molecule has 64 valence electrons. The Morgan fingerprint density at radius 2 is 2.09 bits per heavy atom. The summed E-state index contributed by atoms with van der Waals surface area (Å²) in [6.45, 7) is 4.42. The SMILES string of the molecule is NC(=S)NCCN1CCCC1. The quantitative estimate of drug-likeness (QED) is 0.586. The summed E-state index contributed by atoms with van der Waals surface area (Å²) in [7, 11) is 0. The van der Waals surface area contributed by atoms with Crippen LogP contribution in [0.15, 0.2) is 0 Å². The molecule has 0 radical (unpaired) electrons. The molecule has 0 aromatic rings. The Morgan fingerprint density at radius 3 is 2.64 bits per heavy atom. The van der Waals surface area contributed by atoms with Crippen molar-refractivity contribution in [1.29, 1.82) is 0 Å². The largest absolute Gasteiger partial charge is 0.376 e. The molecule has 3 N–H and O–H groups in total. The van der Waals surface area contributed by atoms with Crippen LogP contribution in [0.25, 0.3) is 0 Å². The minimum Gasteiger partial charge on any atom is -0.376 e. The summed E-state index contributed by atoms with van der Waals surface area (Å²) in [5.41, 5.74) is 5.28. The molecule has 0 bridgehead atoms. The first-order chi connectivity index (χ1) is 5.29. The fourth-order valence-corrected chi connectivity index (χ4v) is 1.45. The van der Waals surface area contributed by atoms with E-state index in [1.54, 1.807) is 0 Å².